The van der Waals surface area contributed by atoms with Gasteiger partial charge in [-0.3, -0.25) is 28.8 Å². The molecule has 4 unspecified atom stereocenters. The minimum absolute atomic E-state index is 0.170. The summed E-state index contributed by atoms with van der Waals surface area (Å²) in [6, 6.07) is 0.575. The van der Waals surface area contributed by atoms with Crippen LogP contribution in [0.2, 0.25) is 0 Å². The Hall–Kier alpha value is -4.99. The molecule has 1 heterocycles. The quantitative estimate of drug-likeness (QED) is 0.108. The molecule has 0 aliphatic rings. The molecule has 5 amide bonds. The number of benzene rings is 1. The molecule has 0 saturated carbocycles. The van der Waals surface area contributed by atoms with Gasteiger partial charge in [-0.05, 0) is 11.6 Å². The van der Waals surface area contributed by atoms with Gasteiger partial charge in [-0.2, -0.15) is 0 Å². The topological polar surface area (TPSA) is 290 Å². The van der Waals surface area contributed by atoms with Gasteiger partial charge in [-0.1, -0.05) is 18.2 Å². The molecule has 210 valence electrons. The summed E-state index contributed by atoms with van der Waals surface area (Å²) in [5, 5.41) is 26.0. The fourth-order valence-corrected chi connectivity index (χ4v) is 3.65. The summed E-state index contributed by atoms with van der Waals surface area (Å²) in [5.74, 6) is -8.26. The molecule has 0 bridgehead atoms. The molecule has 1 aromatic heterocycles. The van der Waals surface area contributed by atoms with Gasteiger partial charge < -0.3 is 48.3 Å². The SMILES string of the molecule is NC(=O)CC(N)C(=O)NC(CC(N)=O)C(=O)NC(CC(=O)O)C(=O)NC(Cc1c[nH]c2ccccc12)C(=O)O. The van der Waals surface area contributed by atoms with Gasteiger partial charge in [0.1, 0.15) is 18.1 Å². The van der Waals surface area contributed by atoms with Crippen LogP contribution in [0.1, 0.15) is 24.8 Å². The highest BCUT2D eigenvalue weighted by Gasteiger charge is 2.32. The van der Waals surface area contributed by atoms with E-state index in [1.54, 1.807) is 30.5 Å². The van der Waals surface area contributed by atoms with Crippen molar-refractivity contribution in [2.45, 2.75) is 49.9 Å². The van der Waals surface area contributed by atoms with Crippen molar-refractivity contribution < 1.29 is 43.8 Å². The molecule has 16 nitrogen and oxygen atoms in total. The Balaban J connectivity index is 2.19. The van der Waals surface area contributed by atoms with Gasteiger partial charge in [0.05, 0.1) is 25.3 Å². The third-order valence-corrected chi connectivity index (χ3v) is 5.52. The number of aliphatic carboxylic acids is 2. The molecule has 2 rings (SSSR count). The maximum absolute atomic E-state index is 12.9. The predicted molar refractivity (Wildman–Crippen MR) is 133 cm³/mol. The predicted octanol–water partition coefficient (Wildman–Crippen LogP) is -3.20. The first-order chi connectivity index (χ1) is 18.3. The number of fused-ring (bicyclic) bond motifs is 1. The second-order valence-corrected chi connectivity index (χ2v) is 8.63. The smallest absolute Gasteiger partial charge is 0.326 e. The van der Waals surface area contributed by atoms with E-state index in [0.717, 1.165) is 5.52 Å². The van der Waals surface area contributed by atoms with Crippen LogP contribution in [0.25, 0.3) is 10.9 Å². The number of hydrogen-bond donors (Lipinski definition) is 9. The molecule has 2 aromatic rings. The molecule has 12 N–H and O–H groups in total. The Morgan fingerprint density at radius 2 is 1.31 bits per heavy atom. The number of para-hydroxylation sites is 1. The van der Waals surface area contributed by atoms with E-state index in [1.165, 1.54) is 0 Å². The van der Waals surface area contributed by atoms with Crippen LogP contribution in [0.3, 0.4) is 0 Å². The molecule has 0 aliphatic heterocycles. The number of primary amides is 2. The van der Waals surface area contributed by atoms with Gasteiger partial charge in [0.2, 0.25) is 29.5 Å². The Kier molecular flexibility index (Phi) is 10.5. The van der Waals surface area contributed by atoms with Crippen molar-refractivity contribution in [3.8, 4) is 0 Å². The van der Waals surface area contributed by atoms with Crippen molar-refractivity contribution in [2.24, 2.45) is 17.2 Å². The first-order valence-electron chi connectivity index (χ1n) is 11.5. The number of aromatic amines is 1. The van der Waals surface area contributed by atoms with Crippen molar-refractivity contribution in [2.75, 3.05) is 0 Å². The van der Waals surface area contributed by atoms with Crippen molar-refractivity contribution in [1.29, 1.82) is 0 Å². The molecule has 39 heavy (non-hydrogen) atoms. The maximum Gasteiger partial charge on any atom is 0.326 e. The molecule has 0 aliphatic carbocycles. The number of aromatic nitrogens is 1. The number of carbonyl (C=O) groups excluding carboxylic acids is 5. The fourth-order valence-electron chi connectivity index (χ4n) is 3.65. The molecule has 0 radical (unpaired) electrons. The zero-order valence-corrected chi connectivity index (χ0v) is 20.5. The van der Waals surface area contributed by atoms with E-state index in [2.05, 4.69) is 20.9 Å². The van der Waals surface area contributed by atoms with E-state index in [4.69, 9.17) is 17.2 Å². The first-order valence-corrected chi connectivity index (χ1v) is 11.5. The van der Waals surface area contributed by atoms with Gasteiger partial charge in [0.25, 0.3) is 0 Å². The van der Waals surface area contributed by atoms with Crippen LogP contribution >= 0.6 is 0 Å². The lowest BCUT2D eigenvalue weighted by Crippen LogP contribution is -2.58. The Labute approximate surface area is 220 Å². The number of carboxylic acids is 2. The van der Waals surface area contributed by atoms with E-state index in [0.29, 0.717) is 10.9 Å². The lowest BCUT2D eigenvalue weighted by atomic mass is 10.0. The summed E-state index contributed by atoms with van der Waals surface area (Å²) in [7, 11) is 0. The highest BCUT2D eigenvalue weighted by atomic mass is 16.4. The number of nitrogens with two attached hydrogens (primary N) is 3. The van der Waals surface area contributed by atoms with Crippen LogP contribution in [0.5, 0.6) is 0 Å². The number of carbonyl (C=O) groups is 7. The van der Waals surface area contributed by atoms with E-state index in [1.807, 2.05) is 0 Å². The summed E-state index contributed by atoms with van der Waals surface area (Å²) in [4.78, 5) is 86.6. The van der Waals surface area contributed by atoms with Crippen LogP contribution in [-0.2, 0) is 40.0 Å². The molecule has 0 fully saturated rings. The van der Waals surface area contributed by atoms with Crippen molar-refractivity contribution >= 4 is 52.4 Å². The normalized spacial score (nSPS) is 13.9. The Bertz CT molecular complexity index is 1280. The number of H-pyrrole nitrogens is 1. The van der Waals surface area contributed by atoms with Crippen molar-refractivity contribution in [1.82, 2.24) is 20.9 Å². The minimum atomic E-state index is -1.80. The molecule has 0 saturated heterocycles. The van der Waals surface area contributed by atoms with E-state index in [9.17, 15) is 43.8 Å². The van der Waals surface area contributed by atoms with Crippen LogP contribution in [0.4, 0.5) is 0 Å². The zero-order valence-electron chi connectivity index (χ0n) is 20.5. The number of nitrogens with one attached hydrogen (secondary N) is 4. The lowest BCUT2D eigenvalue weighted by Gasteiger charge is -2.24. The second-order valence-electron chi connectivity index (χ2n) is 8.63. The lowest BCUT2D eigenvalue weighted by molar-refractivity contribution is -0.143. The summed E-state index contributed by atoms with van der Waals surface area (Å²) >= 11 is 0. The van der Waals surface area contributed by atoms with Crippen LogP contribution in [0, 0.1) is 0 Å². The van der Waals surface area contributed by atoms with Gasteiger partial charge >= 0.3 is 11.9 Å². The third kappa shape index (κ3) is 9.12. The first kappa shape index (κ1) is 30.2. The van der Waals surface area contributed by atoms with Crippen molar-refractivity contribution in [3.05, 3.63) is 36.0 Å². The average molecular weight is 548 g/mol. The van der Waals surface area contributed by atoms with E-state index >= 15 is 0 Å². The third-order valence-electron chi connectivity index (χ3n) is 5.52. The fraction of sp³-hybridized carbons (Fsp3) is 0.348. The Morgan fingerprint density at radius 3 is 1.87 bits per heavy atom. The standard InChI is InChI=1S/C23H29N7O9/c24-12(6-17(25)31)20(35)28-14(7-18(26)32)21(36)29-15(8-19(33)34)22(37)30-16(23(38)39)5-10-9-27-13-4-2-1-3-11(10)13/h1-4,9,12,14-16,27H,5-8,24H2,(H2,25,31)(H2,26,32)(H,28,35)(H,29,36)(H,30,37)(H,33,34)(H,38,39). The van der Waals surface area contributed by atoms with Gasteiger partial charge in [0, 0.05) is 23.5 Å². The number of rotatable bonds is 15. The van der Waals surface area contributed by atoms with Crippen molar-refractivity contribution in [3.63, 3.8) is 0 Å². The molecular formula is C23H29N7O9. The second kappa shape index (κ2) is 13.5. The van der Waals surface area contributed by atoms with Gasteiger partial charge in [-0.25, -0.2) is 4.79 Å². The molecule has 0 spiro atoms. The van der Waals surface area contributed by atoms with Gasteiger partial charge in [-0.15, -0.1) is 0 Å². The monoisotopic (exact) mass is 547 g/mol. The average Bonchev–Trinajstić information content (AvgIpc) is 3.24. The number of carboxylic acid groups (broad SMARTS) is 2. The zero-order chi connectivity index (χ0) is 29.3. The molecule has 4 atom stereocenters. The van der Waals surface area contributed by atoms with E-state index < -0.39 is 84.9 Å². The summed E-state index contributed by atoms with van der Waals surface area (Å²) in [5.41, 5.74) is 16.9. The highest BCUT2D eigenvalue weighted by molar-refractivity contribution is 5.98. The van der Waals surface area contributed by atoms with Crippen LogP contribution < -0.4 is 33.2 Å². The maximum atomic E-state index is 12.9. The molecule has 1 aromatic carbocycles. The minimum Gasteiger partial charge on any atom is -0.481 e. The molecule has 16 heteroatoms. The summed E-state index contributed by atoms with van der Waals surface area (Å²) in [6.45, 7) is 0. The Morgan fingerprint density at radius 1 is 0.769 bits per heavy atom. The van der Waals surface area contributed by atoms with E-state index in [-0.39, 0.29) is 6.42 Å². The summed E-state index contributed by atoms with van der Waals surface area (Å²) < 4.78 is 0. The highest BCUT2D eigenvalue weighted by Crippen LogP contribution is 2.19. The van der Waals surface area contributed by atoms with Crippen LogP contribution in [-0.4, -0.2) is 80.8 Å². The van der Waals surface area contributed by atoms with Crippen LogP contribution in [0.15, 0.2) is 30.5 Å². The van der Waals surface area contributed by atoms with Gasteiger partial charge in [0.15, 0.2) is 0 Å². The molecular weight excluding hydrogens is 518 g/mol. The summed E-state index contributed by atoms with van der Waals surface area (Å²) in [6.07, 6.45) is -0.899. The number of amides is 5. The number of hydrogen-bond acceptors (Lipinski definition) is 8. The largest absolute Gasteiger partial charge is 0.481 e.